The van der Waals surface area contributed by atoms with Crippen LogP contribution < -0.4 is 28.9 Å². The van der Waals surface area contributed by atoms with Gasteiger partial charge < -0.3 is 28.9 Å². The minimum Gasteiger partial charge on any atom is -0.491 e. The lowest BCUT2D eigenvalue weighted by atomic mass is 9.93. The lowest BCUT2D eigenvalue weighted by Crippen LogP contribution is -2.13. The molecule has 6 nitrogen and oxygen atoms in total. The van der Waals surface area contributed by atoms with Crippen LogP contribution in [0.2, 0.25) is 0 Å². The van der Waals surface area contributed by atoms with Gasteiger partial charge in [0.1, 0.15) is 17.2 Å². The van der Waals surface area contributed by atoms with Gasteiger partial charge in [-0.15, -0.1) is 0 Å². The molecule has 10 aromatic carbocycles. The molecule has 0 bridgehead atoms. The van der Waals surface area contributed by atoms with E-state index in [1.54, 1.807) is 0 Å². The van der Waals surface area contributed by atoms with Crippen LogP contribution in [0.15, 0.2) is 237 Å². The fraction of sp³-hybridized carbons (Fsp3) is 0.167. The highest BCUT2D eigenvalue weighted by Gasteiger charge is 2.22. The van der Waals surface area contributed by atoms with Crippen molar-refractivity contribution >= 4 is 51.2 Å². The van der Waals surface area contributed by atoms with Crippen molar-refractivity contribution in [2.45, 2.75) is 60.8 Å². The monoisotopic (exact) mass is 1020 g/mol. The average molecular weight is 1020 g/mol. The zero-order chi connectivity index (χ0) is 53.8. The molecule has 0 N–H and O–H groups in total. The quantitative estimate of drug-likeness (QED) is 0.0714. The SMILES string of the molecule is CCCOc1ccccc1N(c1ccc(-c2cc(-c3ccc(N(c4ccccc4C)c4ccccc4OCCC)cc3)cc(-c3ccc(N(c4ccccc4C)c4ccccc4OCCC)cc3)c2)cc1)c1ccccc1C. The topological polar surface area (TPSA) is 37.4 Å². The first-order valence-corrected chi connectivity index (χ1v) is 27.5. The minimum absolute atomic E-state index is 0.640. The highest BCUT2D eigenvalue weighted by Crippen LogP contribution is 2.46. The molecule has 0 spiro atoms. The summed E-state index contributed by atoms with van der Waals surface area (Å²) in [7, 11) is 0. The van der Waals surface area contributed by atoms with Crippen LogP contribution in [0.25, 0.3) is 33.4 Å². The van der Waals surface area contributed by atoms with Crippen LogP contribution in [0.5, 0.6) is 17.2 Å². The summed E-state index contributed by atoms with van der Waals surface area (Å²) in [6.07, 6.45) is 2.77. The van der Waals surface area contributed by atoms with E-state index in [-0.39, 0.29) is 0 Å². The minimum atomic E-state index is 0.640. The summed E-state index contributed by atoms with van der Waals surface area (Å²) in [6.45, 7) is 14.8. The fourth-order valence-corrected chi connectivity index (χ4v) is 10.1. The Labute approximate surface area is 462 Å². The van der Waals surface area contributed by atoms with Crippen molar-refractivity contribution in [1.82, 2.24) is 0 Å². The summed E-state index contributed by atoms with van der Waals surface area (Å²) in [4.78, 5) is 6.95. The summed E-state index contributed by atoms with van der Waals surface area (Å²) in [5.41, 5.74) is 19.6. The Morgan fingerprint density at radius 2 is 0.487 bits per heavy atom. The zero-order valence-electron chi connectivity index (χ0n) is 45.8. The molecule has 0 aliphatic carbocycles. The third-order valence-electron chi connectivity index (χ3n) is 14.1. The van der Waals surface area contributed by atoms with Gasteiger partial charge in [-0.05, 0) is 199 Å². The van der Waals surface area contributed by atoms with Gasteiger partial charge in [0.25, 0.3) is 0 Å². The van der Waals surface area contributed by atoms with Crippen LogP contribution in [0.4, 0.5) is 51.2 Å². The molecule has 0 aliphatic heterocycles. The van der Waals surface area contributed by atoms with E-state index in [0.29, 0.717) is 19.8 Å². The molecule has 6 heteroatoms. The molecule has 0 atom stereocenters. The smallest absolute Gasteiger partial charge is 0.143 e. The third kappa shape index (κ3) is 11.5. The maximum Gasteiger partial charge on any atom is 0.143 e. The third-order valence-corrected chi connectivity index (χ3v) is 14.1. The van der Waals surface area contributed by atoms with Gasteiger partial charge in [-0.25, -0.2) is 0 Å². The number of para-hydroxylation sites is 9. The number of hydrogen-bond acceptors (Lipinski definition) is 6. The number of anilines is 9. The number of benzene rings is 10. The number of rotatable bonds is 21. The van der Waals surface area contributed by atoms with Gasteiger partial charge in [-0.3, -0.25) is 0 Å². The molecule has 0 saturated carbocycles. The van der Waals surface area contributed by atoms with Crippen molar-refractivity contribution < 1.29 is 14.2 Å². The Hall–Kier alpha value is -9.00. The summed E-state index contributed by atoms with van der Waals surface area (Å²) < 4.78 is 19.1. The van der Waals surface area contributed by atoms with E-state index in [1.165, 1.54) is 16.7 Å². The molecule has 0 heterocycles. The summed E-state index contributed by atoms with van der Waals surface area (Å²) in [5, 5.41) is 0. The van der Waals surface area contributed by atoms with Crippen molar-refractivity contribution in [3.63, 3.8) is 0 Å². The molecule has 0 fully saturated rings. The first-order chi connectivity index (χ1) is 38.3. The molecule has 0 unspecified atom stereocenters. The summed E-state index contributed by atoms with van der Waals surface area (Å²) >= 11 is 0. The Morgan fingerprint density at radius 1 is 0.256 bits per heavy atom. The largest absolute Gasteiger partial charge is 0.491 e. The van der Waals surface area contributed by atoms with Gasteiger partial charge >= 0.3 is 0 Å². The highest BCUT2D eigenvalue weighted by molar-refractivity contribution is 5.88. The van der Waals surface area contributed by atoms with Crippen LogP contribution >= 0.6 is 0 Å². The normalized spacial score (nSPS) is 11.0. The van der Waals surface area contributed by atoms with Gasteiger partial charge in [-0.2, -0.15) is 0 Å². The molecule has 390 valence electrons. The summed E-state index contributed by atoms with van der Waals surface area (Å²) in [5.74, 6) is 2.56. The van der Waals surface area contributed by atoms with E-state index in [0.717, 1.165) is 121 Å². The maximum absolute atomic E-state index is 6.37. The van der Waals surface area contributed by atoms with Gasteiger partial charge in [-0.1, -0.05) is 148 Å². The first-order valence-electron chi connectivity index (χ1n) is 27.5. The molecule has 78 heavy (non-hydrogen) atoms. The molecule has 10 aromatic rings. The average Bonchev–Trinajstić information content (AvgIpc) is 3.53. The lowest BCUT2D eigenvalue weighted by molar-refractivity contribution is 0.318. The first kappa shape index (κ1) is 52.4. The molecule has 0 saturated heterocycles. The van der Waals surface area contributed by atoms with E-state index < -0.39 is 0 Å². The second kappa shape index (κ2) is 24.8. The second-order valence-electron chi connectivity index (χ2n) is 19.8. The van der Waals surface area contributed by atoms with Crippen LogP contribution in [-0.4, -0.2) is 19.8 Å². The van der Waals surface area contributed by atoms with Crippen molar-refractivity contribution in [1.29, 1.82) is 0 Å². The van der Waals surface area contributed by atoms with Crippen LogP contribution in [0.3, 0.4) is 0 Å². The Kier molecular flexibility index (Phi) is 16.7. The number of hydrogen-bond donors (Lipinski definition) is 0. The van der Waals surface area contributed by atoms with Gasteiger partial charge in [0.05, 0.1) is 36.9 Å². The molecular weight excluding hydrogens is 955 g/mol. The van der Waals surface area contributed by atoms with Crippen molar-refractivity contribution in [2.24, 2.45) is 0 Å². The molecule has 0 aliphatic rings. The number of aryl methyl sites for hydroxylation is 3. The molecule has 0 amide bonds. The summed E-state index contributed by atoms with van der Waals surface area (Å²) in [6, 6.07) is 84.6. The van der Waals surface area contributed by atoms with E-state index in [2.05, 4.69) is 275 Å². The van der Waals surface area contributed by atoms with Crippen LogP contribution in [0, 0.1) is 20.8 Å². The van der Waals surface area contributed by atoms with Crippen LogP contribution in [-0.2, 0) is 0 Å². The Bertz CT molecular complexity index is 3200. The van der Waals surface area contributed by atoms with Gasteiger partial charge in [0.2, 0.25) is 0 Å². The van der Waals surface area contributed by atoms with Gasteiger partial charge in [0, 0.05) is 34.1 Å². The fourth-order valence-electron chi connectivity index (χ4n) is 10.1. The van der Waals surface area contributed by atoms with Crippen molar-refractivity contribution in [2.75, 3.05) is 34.5 Å². The maximum atomic E-state index is 6.37. The number of ether oxygens (including phenoxy) is 3. The van der Waals surface area contributed by atoms with E-state index in [9.17, 15) is 0 Å². The van der Waals surface area contributed by atoms with Crippen LogP contribution in [0.1, 0.15) is 56.7 Å². The number of nitrogens with zero attached hydrogens (tertiary/aromatic N) is 3. The van der Waals surface area contributed by atoms with E-state index in [1.807, 2.05) is 18.2 Å². The van der Waals surface area contributed by atoms with Crippen molar-refractivity contribution in [3.8, 4) is 50.6 Å². The lowest BCUT2D eigenvalue weighted by Gasteiger charge is -2.29. The molecule has 0 aromatic heterocycles. The molecule has 10 rings (SSSR count). The van der Waals surface area contributed by atoms with Gasteiger partial charge in [0.15, 0.2) is 0 Å². The zero-order valence-corrected chi connectivity index (χ0v) is 45.8. The van der Waals surface area contributed by atoms with E-state index >= 15 is 0 Å². The predicted molar refractivity (Wildman–Crippen MR) is 328 cm³/mol. The Balaban J connectivity index is 1.09. The highest BCUT2D eigenvalue weighted by atomic mass is 16.5. The van der Waals surface area contributed by atoms with E-state index in [4.69, 9.17) is 14.2 Å². The van der Waals surface area contributed by atoms with Crippen molar-refractivity contribution in [3.05, 3.63) is 253 Å². The molecular formula is C72H69N3O3. The predicted octanol–water partition coefficient (Wildman–Crippen LogP) is 20.4. The standard InChI is InChI=1S/C72H69N3O3/c1-7-46-76-70-31-19-16-28-67(70)73(64-25-13-10-22-52(64)4)61-40-34-55(35-41-61)58-49-59(56-36-42-62(43-37-56)74(65-26-14-11-23-53(65)5)68-29-17-20-32-71(68)77-47-8-2)51-60(50-58)57-38-44-63(45-39-57)75(66-27-15-12-24-54(66)6)69-30-18-21-33-72(69)78-48-9-3/h10-45,49-51H,7-9,46-48H2,1-6H3. The molecule has 0 radical (unpaired) electrons. The second-order valence-corrected chi connectivity index (χ2v) is 19.8. The Morgan fingerprint density at radius 3 is 0.731 bits per heavy atom.